The fourth-order valence-electron chi connectivity index (χ4n) is 1.76. The van der Waals surface area contributed by atoms with E-state index in [2.05, 4.69) is 5.32 Å². The Bertz CT molecular complexity index is 646. The van der Waals surface area contributed by atoms with Crippen molar-refractivity contribution in [2.45, 2.75) is 13.5 Å². The SMILES string of the molecule is CCNCc1cccc(Cl)c1Oc1cc(Cl)c(Cl)cc1Cl. The van der Waals surface area contributed by atoms with Crippen LogP contribution in [0.4, 0.5) is 0 Å². The third kappa shape index (κ3) is 4.18. The van der Waals surface area contributed by atoms with E-state index in [1.807, 2.05) is 19.1 Å². The second kappa shape index (κ2) is 7.57. The second-order valence-corrected chi connectivity index (χ2v) is 5.94. The molecule has 0 aliphatic rings. The second-order valence-electron chi connectivity index (χ2n) is 4.31. The van der Waals surface area contributed by atoms with Crippen LogP contribution in [0.1, 0.15) is 12.5 Å². The number of hydrogen-bond acceptors (Lipinski definition) is 2. The lowest BCUT2D eigenvalue weighted by molar-refractivity contribution is 0.474. The largest absolute Gasteiger partial charge is 0.454 e. The number of nitrogens with one attached hydrogen (secondary N) is 1. The van der Waals surface area contributed by atoms with Crippen LogP contribution in [0.15, 0.2) is 30.3 Å². The van der Waals surface area contributed by atoms with Gasteiger partial charge < -0.3 is 10.1 Å². The number of rotatable bonds is 5. The number of halogens is 4. The van der Waals surface area contributed by atoms with E-state index < -0.39 is 0 Å². The molecule has 6 heteroatoms. The van der Waals surface area contributed by atoms with Crippen molar-refractivity contribution in [3.8, 4) is 11.5 Å². The maximum absolute atomic E-state index is 6.23. The third-order valence-electron chi connectivity index (χ3n) is 2.80. The van der Waals surface area contributed by atoms with Gasteiger partial charge in [0.15, 0.2) is 5.75 Å². The van der Waals surface area contributed by atoms with Gasteiger partial charge in [-0.05, 0) is 18.7 Å². The van der Waals surface area contributed by atoms with Crippen LogP contribution in [0, 0.1) is 0 Å². The standard InChI is InChI=1S/C15H13Cl4NO/c1-2-20-8-9-4-3-5-10(16)15(9)21-14-7-12(18)11(17)6-13(14)19/h3-7,20H,2,8H2,1H3. The first kappa shape index (κ1) is 16.7. The Kier molecular flexibility index (Phi) is 6.03. The average Bonchev–Trinajstić information content (AvgIpc) is 2.45. The minimum absolute atomic E-state index is 0.372. The normalized spacial score (nSPS) is 10.7. The predicted octanol–water partition coefficient (Wildman–Crippen LogP) is 6.20. The maximum Gasteiger partial charge on any atom is 0.150 e. The van der Waals surface area contributed by atoms with Gasteiger partial charge in [0.1, 0.15) is 5.75 Å². The summed E-state index contributed by atoms with van der Waals surface area (Å²) in [6.07, 6.45) is 0. The zero-order valence-electron chi connectivity index (χ0n) is 11.2. The Labute approximate surface area is 143 Å². The minimum Gasteiger partial charge on any atom is -0.454 e. The molecule has 2 rings (SSSR count). The van der Waals surface area contributed by atoms with Gasteiger partial charge in [0.2, 0.25) is 0 Å². The van der Waals surface area contributed by atoms with Crippen LogP contribution >= 0.6 is 46.4 Å². The van der Waals surface area contributed by atoms with Crippen molar-refractivity contribution in [1.82, 2.24) is 5.32 Å². The van der Waals surface area contributed by atoms with E-state index >= 15 is 0 Å². The number of benzene rings is 2. The van der Waals surface area contributed by atoms with Gasteiger partial charge in [-0.15, -0.1) is 0 Å². The highest BCUT2D eigenvalue weighted by atomic mass is 35.5. The highest BCUT2D eigenvalue weighted by Crippen LogP contribution is 2.39. The Morgan fingerprint density at radius 2 is 1.67 bits per heavy atom. The van der Waals surface area contributed by atoms with E-state index in [4.69, 9.17) is 51.1 Å². The van der Waals surface area contributed by atoms with Crippen molar-refractivity contribution in [3.05, 3.63) is 56.0 Å². The third-order valence-corrected chi connectivity index (χ3v) is 4.12. The van der Waals surface area contributed by atoms with Crippen LogP contribution in [-0.2, 0) is 6.54 Å². The molecule has 0 aliphatic carbocycles. The summed E-state index contributed by atoms with van der Waals surface area (Å²) in [4.78, 5) is 0. The first-order chi connectivity index (χ1) is 10.0. The molecule has 0 bridgehead atoms. The molecule has 2 aromatic rings. The Morgan fingerprint density at radius 1 is 0.952 bits per heavy atom. The Balaban J connectivity index is 2.37. The molecule has 0 fully saturated rings. The summed E-state index contributed by atoms with van der Waals surface area (Å²) in [6, 6.07) is 8.69. The van der Waals surface area contributed by atoms with Gasteiger partial charge in [0, 0.05) is 18.2 Å². The number of ether oxygens (including phenoxy) is 1. The molecule has 0 atom stereocenters. The van der Waals surface area contributed by atoms with Crippen LogP contribution < -0.4 is 10.1 Å². The smallest absolute Gasteiger partial charge is 0.150 e. The fraction of sp³-hybridized carbons (Fsp3) is 0.200. The van der Waals surface area contributed by atoms with Crippen molar-refractivity contribution in [3.63, 3.8) is 0 Å². The summed E-state index contributed by atoms with van der Waals surface area (Å²) in [5.41, 5.74) is 0.937. The lowest BCUT2D eigenvalue weighted by atomic mass is 10.2. The lowest BCUT2D eigenvalue weighted by Crippen LogP contribution is -2.12. The van der Waals surface area contributed by atoms with Crippen LogP contribution in [0.2, 0.25) is 20.1 Å². The molecular formula is C15H13Cl4NO. The summed E-state index contributed by atoms with van der Waals surface area (Å²) in [5, 5.41) is 4.86. The van der Waals surface area contributed by atoms with Crippen molar-refractivity contribution < 1.29 is 4.74 Å². The fourth-order valence-corrected chi connectivity index (χ4v) is 2.57. The molecule has 0 amide bonds. The van der Waals surface area contributed by atoms with Crippen LogP contribution in [0.5, 0.6) is 11.5 Å². The molecule has 2 nitrogen and oxygen atoms in total. The maximum atomic E-state index is 6.23. The van der Waals surface area contributed by atoms with Gasteiger partial charge in [-0.1, -0.05) is 65.5 Å². The van der Waals surface area contributed by atoms with Crippen molar-refractivity contribution >= 4 is 46.4 Å². The molecule has 0 aromatic heterocycles. The molecule has 0 spiro atoms. The zero-order valence-corrected chi connectivity index (χ0v) is 14.2. The molecule has 0 aliphatic heterocycles. The van der Waals surface area contributed by atoms with Crippen LogP contribution in [-0.4, -0.2) is 6.54 Å². The molecule has 0 saturated heterocycles. The van der Waals surface area contributed by atoms with Gasteiger partial charge in [-0.3, -0.25) is 0 Å². The number of hydrogen-bond donors (Lipinski definition) is 1. The molecular weight excluding hydrogens is 352 g/mol. The van der Waals surface area contributed by atoms with Crippen LogP contribution in [0.25, 0.3) is 0 Å². The Hall–Kier alpha value is -0.640. The quantitative estimate of drug-likeness (QED) is 0.637. The van der Waals surface area contributed by atoms with E-state index in [0.29, 0.717) is 38.1 Å². The lowest BCUT2D eigenvalue weighted by Gasteiger charge is -2.14. The highest BCUT2D eigenvalue weighted by Gasteiger charge is 2.13. The van der Waals surface area contributed by atoms with Gasteiger partial charge in [-0.2, -0.15) is 0 Å². The first-order valence-corrected chi connectivity index (χ1v) is 7.84. The summed E-state index contributed by atoms with van der Waals surface area (Å²) in [6.45, 7) is 3.52. The molecule has 0 unspecified atom stereocenters. The first-order valence-electron chi connectivity index (χ1n) is 6.33. The van der Waals surface area contributed by atoms with Crippen molar-refractivity contribution in [2.24, 2.45) is 0 Å². The molecule has 112 valence electrons. The Morgan fingerprint density at radius 3 is 2.38 bits per heavy atom. The summed E-state index contributed by atoms with van der Waals surface area (Å²) in [7, 11) is 0. The van der Waals surface area contributed by atoms with E-state index in [9.17, 15) is 0 Å². The van der Waals surface area contributed by atoms with Crippen LogP contribution in [0.3, 0.4) is 0 Å². The van der Waals surface area contributed by atoms with E-state index in [1.54, 1.807) is 18.2 Å². The molecule has 0 radical (unpaired) electrons. The van der Waals surface area contributed by atoms with Gasteiger partial charge in [0.05, 0.1) is 20.1 Å². The van der Waals surface area contributed by atoms with Crippen molar-refractivity contribution in [1.29, 1.82) is 0 Å². The van der Waals surface area contributed by atoms with Gasteiger partial charge in [-0.25, -0.2) is 0 Å². The minimum atomic E-state index is 0.372. The summed E-state index contributed by atoms with van der Waals surface area (Å²) >= 11 is 24.3. The summed E-state index contributed by atoms with van der Waals surface area (Å²) in [5.74, 6) is 0.970. The highest BCUT2D eigenvalue weighted by molar-refractivity contribution is 6.43. The topological polar surface area (TPSA) is 21.3 Å². The monoisotopic (exact) mass is 363 g/mol. The van der Waals surface area contributed by atoms with Crippen molar-refractivity contribution in [2.75, 3.05) is 6.54 Å². The summed E-state index contributed by atoms with van der Waals surface area (Å²) < 4.78 is 5.86. The van der Waals surface area contributed by atoms with Gasteiger partial charge in [0.25, 0.3) is 0 Å². The average molecular weight is 365 g/mol. The predicted molar refractivity (Wildman–Crippen MR) is 90.4 cm³/mol. The molecule has 0 saturated carbocycles. The van der Waals surface area contributed by atoms with E-state index in [-0.39, 0.29) is 0 Å². The number of para-hydroxylation sites is 1. The molecule has 0 heterocycles. The molecule has 1 N–H and O–H groups in total. The van der Waals surface area contributed by atoms with E-state index in [1.165, 1.54) is 0 Å². The molecule has 2 aromatic carbocycles. The van der Waals surface area contributed by atoms with E-state index in [0.717, 1.165) is 12.1 Å². The molecule has 21 heavy (non-hydrogen) atoms. The van der Waals surface area contributed by atoms with Gasteiger partial charge >= 0.3 is 0 Å². The zero-order chi connectivity index (χ0) is 15.4.